The van der Waals surface area contributed by atoms with Crippen molar-refractivity contribution in [3.8, 4) is 0 Å². The van der Waals surface area contributed by atoms with Crippen LogP contribution in [0.2, 0.25) is 0 Å². The molecule has 0 unspecified atom stereocenters. The van der Waals surface area contributed by atoms with Crippen LogP contribution in [0, 0.1) is 5.82 Å². The first kappa shape index (κ1) is 20.1. The van der Waals surface area contributed by atoms with Crippen LogP contribution in [-0.2, 0) is 6.18 Å². The molecule has 0 heterocycles. The van der Waals surface area contributed by atoms with Crippen LogP contribution < -0.4 is 10.6 Å². The Balaban J connectivity index is 1.68. The lowest BCUT2D eigenvalue weighted by Gasteiger charge is -2.10. The first-order chi connectivity index (χ1) is 13.7. The second-order valence-electron chi connectivity index (χ2n) is 6.04. The van der Waals surface area contributed by atoms with Crippen molar-refractivity contribution >= 4 is 23.2 Å². The third kappa shape index (κ3) is 4.98. The zero-order valence-corrected chi connectivity index (χ0v) is 14.8. The number of carbonyl (C=O) groups excluding carboxylic acids is 2. The van der Waals surface area contributed by atoms with Gasteiger partial charge in [0.1, 0.15) is 5.82 Å². The van der Waals surface area contributed by atoms with Crippen LogP contribution in [0.25, 0.3) is 0 Å². The minimum absolute atomic E-state index is 0.00163. The van der Waals surface area contributed by atoms with E-state index in [-0.39, 0.29) is 16.8 Å². The predicted octanol–water partition coefficient (Wildman–Crippen LogP) is 5.35. The quantitative estimate of drug-likeness (QED) is 0.578. The molecule has 148 valence electrons. The lowest BCUT2D eigenvalue weighted by Crippen LogP contribution is -2.15. The Hall–Kier alpha value is -3.68. The van der Waals surface area contributed by atoms with Crippen LogP contribution in [0.4, 0.5) is 28.9 Å². The van der Waals surface area contributed by atoms with Gasteiger partial charge in [-0.3, -0.25) is 9.59 Å². The summed E-state index contributed by atoms with van der Waals surface area (Å²) in [6.45, 7) is 0. The minimum Gasteiger partial charge on any atom is -0.322 e. The number of hydrogen-bond acceptors (Lipinski definition) is 2. The van der Waals surface area contributed by atoms with Crippen molar-refractivity contribution in [1.82, 2.24) is 0 Å². The maximum atomic E-state index is 13.6. The number of benzene rings is 3. The second kappa shape index (κ2) is 8.14. The Morgan fingerprint density at radius 3 is 2.03 bits per heavy atom. The van der Waals surface area contributed by atoms with Crippen molar-refractivity contribution in [2.24, 2.45) is 0 Å². The van der Waals surface area contributed by atoms with Gasteiger partial charge in [-0.05, 0) is 54.6 Å². The molecule has 3 rings (SSSR count). The number of amides is 2. The molecule has 8 heteroatoms. The molecule has 0 aromatic heterocycles. The lowest BCUT2D eigenvalue weighted by molar-refractivity contribution is -0.137. The first-order valence-corrected chi connectivity index (χ1v) is 8.38. The monoisotopic (exact) mass is 402 g/mol. The van der Waals surface area contributed by atoms with Crippen molar-refractivity contribution in [1.29, 1.82) is 0 Å². The standard InChI is InChI=1S/C21H14F4N2O2/c22-18-7-2-1-6-17(18)20(29)26-15-10-8-13(9-11-15)19(28)27-16-5-3-4-14(12-16)21(23,24)25/h1-12H,(H,26,29)(H,27,28). The maximum absolute atomic E-state index is 13.6. The van der Waals surface area contributed by atoms with Crippen LogP contribution in [0.5, 0.6) is 0 Å². The highest BCUT2D eigenvalue weighted by molar-refractivity contribution is 6.06. The number of hydrogen-bond donors (Lipinski definition) is 2. The smallest absolute Gasteiger partial charge is 0.322 e. The van der Waals surface area contributed by atoms with Crippen LogP contribution in [-0.4, -0.2) is 11.8 Å². The van der Waals surface area contributed by atoms with Gasteiger partial charge in [0.05, 0.1) is 11.1 Å². The molecule has 0 fully saturated rings. The fourth-order valence-corrected chi connectivity index (χ4v) is 2.53. The van der Waals surface area contributed by atoms with Gasteiger partial charge in [-0.15, -0.1) is 0 Å². The average Bonchev–Trinajstić information content (AvgIpc) is 2.68. The molecule has 0 radical (unpaired) electrons. The Morgan fingerprint density at radius 1 is 0.724 bits per heavy atom. The molecule has 0 bridgehead atoms. The van der Waals surface area contributed by atoms with Gasteiger partial charge < -0.3 is 10.6 Å². The fraction of sp³-hybridized carbons (Fsp3) is 0.0476. The van der Waals surface area contributed by atoms with E-state index in [1.807, 2.05) is 0 Å². The highest BCUT2D eigenvalue weighted by Gasteiger charge is 2.30. The number of anilines is 2. The normalized spacial score (nSPS) is 11.0. The number of rotatable bonds is 4. The molecule has 0 saturated heterocycles. The van der Waals surface area contributed by atoms with Gasteiger partial charge in [-0.25, -0.2) is 4.39 Å². The van der Waals surface area contributed by atoms with Crippen molar-refractivity contribution in [2.75, 3.05) is 10.6 Å². The van der Waals surface area contributed by atoms with E-state index in [1.54, 1.807) is 0 Å². The zero-order chi connectivity index (χ0) is 21.0. The first-order valence-electron chi connectivity index (χ1n) is 8.38. The molecule has 0 aliphatic carbocycles. The molecule has 0 spiro atoms. The summed E-state index contributed by atoms with van der Waals surface area (Å²) >= 11 is 0. The summed E-state index contributed by atoms with van der Waals surface area (Å²) in [6.07, 6.45) is -4.52. The third-order valence-corrected chi connectivity index (χ3v) is 3.97. The molecule has 2 amide bonds. The van der Waals surface area contributed by atoms with Crippen LogP contribution in [0.15, 0.2) is 72.8 Å². The molecular formula is C21H14F4N2O2. The molecule has 3 aromatic rings. The van der Waals surface area contributed by atoms with Gasteiger partial charge in [-0.1, -0.05) is 18.2 Å². The average molecular weight is 402 g/mol. The summed E-state index contributed by atoms with van der Waals surface area (Å²) in [5, 5.41) is 4.89. The molecular weight excluding hydrogens is 388 g/mol. The van der Waals surface area contributed by atoms with E-state index in [4.69, 9.17) is 0 Å². The number of carbonyl (C=O) groups is 2. The van der Waals surface area contributed by atoms with E-state index < -0.39 is 29.4 Å². The van der Waals surface area contributed by atoms with Crippen LogP contribution in [0.1, 0.15) is 26.3 Å². The van der Waals surface area contributed by atoms with Gasteiger partial charge in [0.25, 0.3) is 11.8 Å². The van der Waals surface area contributed by atoms with Crippen molar-refractivity contribution in [3.05, 3.63) is 95.3 Å². The van der Waals surface area contributed by atoms with Gasteiger partial charge in [0.2, 0.25) is 0 Å². The highest BCUT2D eigenvalue weighted by atomic mass is 19.4. The summed E-state index contributed by atoms with van der Waals surface area (Å²) in [5.74, 6) is -1.93. The third-order valence-electron chi connectivity index (χ3n) is 3.97. The van der Waals surface area contributed by atoms with Gasteiger partial charge in [-0.2, -0.15) is 13.2 Å². The van der Waals surface area contributed by atoms with Crippen molar-refractivity contribution in [3.63, 3.8) is 0 Å². The number of nitrogens with one attached hydrogen (secondary N) is 2. The van der Waals surface area contributed by atoms with E-state index >= 15 is 0 Å². The SMILES string of the molecule is O=C(Nc1cccc(C(F)(F)F)c1)c1ccc(NC(=O)c2ccccc2F)cc1. The maximum Gasteiger partial charge on any atom is 0.416 e. The molecule has 4 nitrogen and oxygen atoms in total. The van der Waals surface area contributed by atoms with E-state index in [0.29, 0.717) is 5.69 Å². The molecule has 29 heavy (non-hydrogen) atoms. The number of alkyl halides is 3. The summed E-state index contributed by atoms with van der Waals surface area (Å²) in [4.78, 5) is 24.3. The summed E-state index contributed by atoms with van der Waals surface area (Å²) in [5.41, 5.74) is -0.498. The van der Waals surface area contributed by atoms with Crippen LogP contribution in [0.3, 0.4) is 0 Å². The van der Waals surface area contributed by atoms with Gasteiger partial charge >= 0.3 is 6.18 Å². The lowest BCUT2D eigenvalue weighted by atomic mass is 10.1. The summed E-state index contributed by atoms with van der Waals surface area (Å²) in [6, 6.07) is 15.4. The van der Waals surface area contributed by atoms with Crippen LogP contribution >= 0.6 is 0 Å². The highest BCUT2D eigenvalue weighted by Crippen LogP contribution is 2.30. The molecule has 0 aliphatic rings. The Morgan fingerprint density at radius 2 is 1.38 bits per heavy atom. The summed E-state index contributed by atoms with van der Waals surface area (Å²) in [7, 11) is 0. The van der Waals surface area contributed by atoms with Crippen molar-refractivity contribution < 1.29 is 27.2 Å². The summed E-state index contributed by atoms with van der Waals surface area (Å²) < 4.78 is 51.9. The Kier molecular flexibility index (Phi) is 5.63. The molecule has 2 N–H and O–H groups in total. The predicted molar refractivity (Wildman–Crippen MR) is 100 cm³/mol. The zero-order valence-electron chi connectivity index (χ0n) is 14.8. The second-order valence-corrected chi connectivity index (χ2v) is 6.04. The largest absolute Gasteiger partial charge is 0.416 e. The Labute approximate surface area is 163 Å². The topological polar surface area (TPSA) is 58.2 Å². The minimum atomic E-state index is -4.52. The molecule has 0 saturated carbocycles. The Bertz CT molecular complexity index is 1050. The van der Waals surface area contributed by atoms with Gasteiger partial charge in [0, 0.05) is 16.9 Å². The van der Waals surface area contributed by atoms with E-state index in [0.717, 1.165) is 18.2 Å². The van der Waals surface area contributed by atoms with E-state index in [1.165, 1.54) is 54.6 Å². The van der Waals surface area contributed by atoms with Crippen molar-refractivity contribution in [2.45, 2.75) is 6.18 Å². The number of halogens is 4. The molecule has 0 atom stereocenters. The van der Waals surface area contributed by atoms with E-state index in [9.17, 15) is 27.2 Å². The molecule has 3 aromatic carbocycles. The fourth-order valence-electron chi connectivity index (χ4n) is 2.53. The van der Waals surface area contributed by atoms with E-state index in [2.05, 4.69) is 10.6 Å². The van der Waals surface area contributed by atoms with Gasteiger partial charge in [0.15, 0.2) is 0 Å². The molecule has 0 aliphatic heterocycles.